The van der Waals surface area contributed by atoms with Crippen molar-refractivity contribution in [3.05, 3.63) is 22.3 Å². The van der Waals surface area contributed by atoms with E-state index in [0.717, 1.165) is 0 Å². The SMILES string of the molecule is CC(C)Cc1c(O)c(O)c(O)c(C(=O)c2c(O)c(O)c(O)c(CC(C)C)c2O)c1O. The second kappa shape index (κ2) is 8.10. The summed E-state index contributed by atoms with van der Waals surface area (Å²) in [5, 5.41) is 81.7. The molecule has 8 N–H and O–H groups in total. The van der Waals surface area contributed by atoms with Crippen LogP contribution in [0, 0.1) is 11.8 Å². The van der Waals surface area contributed by atoms with E-state index in [0.29, 0.717) is 0 Å². The van der Waals surface area contributed by atoms with Gasteiger partial charge in [-0.1, -0.05) is 27.7 Å². The minimum absolute atomic E-state index is 0.0309. The number of hydrogen-bond donors (Lipinski definition) is 8. The molecule has 0 saturated carbocycles. The summed E-state index contributed by atoms with van der Waals surface area (Å²) in [7, 11) is 0. The molecule has 0 aromatic heterocycles. The summed E-state index contributed by atoms with van der Waals surface area (Å²) in [4.78, 5) is 13.1. The van der Waals surface area contributed by atoms with Crippen molar-refractivity contribution in [1.82, 2.24) is 0 Å². The average Bonchev–Trinajstić information content (AvgIpc) is 2.65. The molecule has 164 valence electrons. The van der Waals surface area contributed by atoms with E-state index in [1.807, 2.05) is 0 Å². The fourth-order valence-corrected chi connectivity index (χ4v) is 3.26. The van der Waals surface area contributed by atoms with Crippen molar-refractivity contribution in [2.75, 3.05) is 0 Å². The lowest BCUT2D eigenvalue weighted by Crippen LogP contribution is -2.08. The normalized spacial score (nSPS) is 11.4. The van der Waals surface area contributed by atoms with Crippen LogP contribution in [0.4, 0.5) is 0 Å². The van der Waals surface area contributed by atoms with Crippen LogP contribution in [0.5, 0.6) is 46.0 Å². The third kappa shape index (κ3) is 3.70. The van der Waals surface area contributed by atoms with Gasteiger partial charge in [0, 0.05) is 11.1 Å². The van der Waals surface area contributed by atoms with Crippen LogP contribution in [0.1, 0.15) is 54.7 Å². The predicted molar refractivity (Wildman–Crippen MR) is 107 cm³/mol. The van der Waals surface area contributed by atoms with Crippen molar-refractivity contribution < 1.29 is 45.6 Å². The fourth-order valence-electron chi connectivity index (χ4n) is 3.26. The predicted octanol–water partition coefficient (Wildman–Crippen LogP) is 2.96. The second-order valence-electron chi connectivity index (χ2n) is 8.02. The van der Waals surface area contributed by atoms with Crippen molar-refractivity contribution in [3.63, 3.8) is 0 Å². The molecule has 2 aromatic rings. The van der Waals surface area contributed by atoms with Gasteiger partial charge in [-0.2, -0.15) is 0 Å². The van der Waals surface area contributed by atoms with E-state index >= 15 is 0 Å². The highest BCUT2D eigenvalue weighted by Gasteiger charge is 2.34. The zero-order valence-corrected chi connectivity index (χ0v) is 17.1. The highest BCUT2D eigenvalue weighted by Crippen LogP contribution is 2.52. The molecule has 2 aromatic carbocycles. The molecule has 0 heterocycles. The Bertz CT molecular complexity index is 928. The summed E-state index contributed by atoms with van der Waals surface area (Å²) >= 11 is 0. The van der Waals surface area contributed by atoms with Crippen molar-refractivity contribution in [3.8, 4) is 46.0 Å². The van der Waals surface area contributed by atoms with Crippen LogP contribution in [0.15, 0.2) is 0 Å². The summed E-state index contributed by atoms with van der Waals surface area (Å²) in [5.41, 5.74) is -2.19. The van der Waals surface area contributed by atoms with Gasteiger partial charge in [-0.15, -0.1) is 0 Å². The van der Waals surface area contributed by atoms with Crippen molar-refractivity contribution in [2.24, 2.45) is 11.8 Å². The standard InChI is InChI=1S/C21H26O9/c1-7(2)5-9-13(22)11(18(27)20(29)15(9)24)17(26)12-14(23)10(6-8(3)4)16(25)21(30)19(12)28/h7-8,22-25,27-30H,5-6H2,1-4H3. The van der Waals surface area contributed by atoms with Gasteiger partial charge in [-0.3, -0.25) is 4.79 Å². The van der Waals surface area contributed by atoms with Crippen LogP contribution in [0.3, 0.4) is 0 Å². The van der Waals surface area contributed by atoms with E-state index in [-0.39, 0.29) is 35.8 Å². The van der Waals surface area contributed by atoms with Gasteiger partial charge in [0.15, 0.2) is 23.0 Å². The molecule has 0 spiro atoms. The average molecular weight is 422 g/mol. The molecular weight excluding hydrogens is 396 g/mol. The number of benzene rings is 2. The lowest BCUT2D eigenvalue weighted by molar-refractivity contribution is 0.102. The molecule has 0 aliphatic carbocycles. The van der Waals surface area contributed by atoms with E-state index in [9.17, 15) is 45.6 Å². The highest BCUT2D eigenvalue weighted by molar-refractivity contribution is 6.17. The smallest absolute Gasteiger partial charge is 0.208 e. The lowest BCUT2D eigenvalue weighted by Gasteiger charge is -2.19. The molecule has 9 nitrogen and oxygen atoms in total. The first-order chi connectivity index (χ1) is 13.8. The molecule has 0 bridgehead atoms. The van der Waals surface area contributed by atoms with Crippen LogP contribution >= 0.6 is 0 Å². The van der Waals surface area contributed by atoms with Crippen LogP contribution in [-0.4, -0.2) is 46.6 Å². The quantitative estimate of drug-likeness (QED) is 0.197. The molecule has 9 heteroatoms. The largest absolute Gasteiger partial charge is 0.507 e. The maximum Gasteiger partial charge on any atom is 0.208 e. The van der Waals surface area contributed by atoms with Gasteiger partial charge in [0.25, 0.3) is 0 Å². The van der Waals surface area contributed by atoms with Gasteiger partial charge in [0.1, 0.15) is 22.6 Å². The zero-order chi connectivity index (χ0) is 23.1. The van der Waals surface area contributed by atoms with E-state index in [4.69, 9.17) is 0 Å². The van der Waals surface area contributed by atoms with E-state index in [1.54, 1.807) is 27.7 Å². The number of rotatable bonds is 6. The monoisotopic (exact) mass is 422 g/mol. The lowest BCUT2D eigenvalue weighted by atomic mass is 9.90. The van der Waals surface area contributed by atoms with Crippen LogP contribution in [0.25, 0.3) is 0 Å². The number of phenolic OH excluding ortho intramolecular Hbond substituents is 8. The Hall–Kier alpha value is -3.49. The second-order valence-corrected chi connectivity index (χ2v) is 8.02. The highest BCUT2D eigenvalue weighted by atomic mass is 16.3. The van der Waals surface area contributed by atoms with Gasteiger partial charge >= 0.3 is 0 Å². The first-order valence-electron chi connectivity index (χ1n) is 9.33. The Morgan fingerprint density at radius 3 is 1.10 bits per heavy atom. The number of ketones is 1. The molecule has 0 atom stereocenters. The topological polar surface area (TPSA) is 179 Å². The number of hydrogen-bond acceptors (Lipinski definition) is 9. The summed E-state index contributed by atoms with van der Waals surface area (Å²) in [6.07, 6.45) is 0.0619. The molecule has 0 aliphatic heterocycles. The molecule has 0 amide bonds. The molecule has 0 radical (unpaired) electrons. The van der Waals surface area contributed by atoms with Gasteiger partial charge in [0.2, 0.25) is 17.3 Å². The van der Waals surface area contributed by atoms with E-state index < -0.39 is 62.9 Å². The third-order valence-corrected chi connectivity index (χ3v) is 4.67. The van der Waals surface area contributed by atoms with E-state index in [2.05, 4.69) is 0 Å². The van der Waals surface area contributed by atoms with Gasteiger partial charge in [0.05, 0.1) is 0 Å². The Labute approximate surface area is 172 Å². The number of carbonyl (C=O) groups is 1. The Balaban J connectivity index is 2.85. The fraction of sp³-hybridized carbons (Fsp3) is 0.381. The van der Waals surface area contributed by atoms with Gasteiger partial charge < -0.3 is 40.9 Å². The van der Waals surface area contributed by atoms with Crippen LogP contribution in [0.2, 0.25) is 0 Å². The summed E-state index contributed by atoms with van der Waals surface area (Å²) in [6, 6.07) is 0. The molecule has 0 unspecified atom stereocenters. The first kappa shape index (κ1) is 22.8. The minimum atomic E-state index is -1.33. The Morgan fingerprint density at radius 2 is 0.833 bits per heavy atom. The Morgan fingerprint density at radius 1 is 0.533 bits per heavy atom. The third-order valence-electron chi connectivity index (χ3n) is 4.67. The maximum atomic E-state index is 13.1. The molecule has 0 aliphatic rings. The Kier molecular flexibility index (Phi) is 6.15. The molecule has 2 rings (SSSR count). The molecular formula is C21H26O9. The number of phenols is 8. The minimum Gasteiger partial charge on any atom is -0.507 e. The van der Waals surface area contributed by atoms with Gasteiger partial charge in [-0.05, 0) is 24.7 Å². The molecule has 0 saturated heterocycles. The summed E-state index contributed by atoms with van der Waals surface area (Å²) in [6.45, 7) is 6.99. The van der Waals surface area contributed by atoms with Crippen LogP contribution < -0.4 is 0 Å². The van der Waals surface area contributed by atoms with Gasteiger partial charge in [-0.25, -0.2) is 0 Å². The number of carbonyl (C=O) groups excluding carboxylic acids is 1. The first-order valence-corrected chi connectivity index (χ1v) is 9.33. The molecule has 30 heavy (non-hydrogen) atoms. The number of aromatic hydroxyl groups is 8. The zero-order valence-electron chi connectivity index (χ0n) is 17.1. The van der Waals surface area contributed by atoms with Crippen molar-refractivity contribution >= 4 is 5.78 Å². The molecule has 0 fully saturated rings. The summed E-state index contributed by atoms with van der Waals surface area (Å²) in [5.74, 6) is -9.34. The van der Waals surface area contributed by atoms with Crippen LogP contribution in [-0.2, 0) is 12.8 Å². The van der Waals surface area contributed by atoms with Crippen molar-refractivity contribution in [2.45, 2.75) is 40.5 Å². The maximum absolute atomic E-state index is 13.1. The summed E-state index contributed by atoms with van der Waals surface area (Å²) < 4.78 is 0. The van der Waals surface area contributed by atoms with E-state index in [1.165, 1.54) is 0 Å². The van der Waals surface area contributed by atoms with Crippen molar-refractivity contribution in [1.29, 1.82) is 0 Å².